The second kappa shape index (κ2) is 8.43. The van der Waals surface area contributed by atoms with Gasteiger partial charge in [0.15, 0.2) is 5.11 Å². The number of hydrogen-bond acceptors (Lipinski definition) is 3. The lowest BCUT2D eigenvalue weighted by Gasteiger charge is -2.13. The van der Waals surface area contributed by atoms with E-state index in [2.05, 4.69) is 10.6 Å². The molecule has 0 bridgehead atoms. The van der Waals surface area contributed by atoms with Gasteiger partial charge in [-0.15, -0.1) is 0 Å². The van der Waals surface area contributed by atoms with Crippen molar-refractivity contribution in [1.29, 1.82) is 0 Å². The summed E-state index contributed by atoms with van der Waals surface area (Å²) in [6, 6.07) is -0.447. The molecule has 0 spiro atoms. The van der Waals surface area contributed by atoms with E-state index in [0.29, 0.717) is 11.7 Å². The summed E-state index contributed by atoms with van der Waals surface area (Å²) in [5, 5.41) is 6.18. The molecule has 0 rings (SSSR count). The Labute approximate surface area is 95.7 Å². The second-order valence-corrected chi connectivity index (χ2v) is 3.48. The molecule has 0 aromatic rings. The molecule has 5 nitrogen and oxygen atoms in total. The van der Waals surface area contributed by atoms with E-state index in [0.717, 1.165) is 19.6 Å². The molecule has 0 saturated heterocycles. The molecule has 15 heavy (non-hydrogen) atoms. The molecule has 0 heterocycles. The lowest BCUT2D eigenvalue weighted by molar-refractivity contribution is -0.119. The van der Waals surface area contributed by atoms with Crippen LogP contribution in [-0.2, 0) is 9.53 Å². The van der Waals surface area contributed by atoms with Crippen LogP contribution in [-0.4, -0.2) is 36.8 Å². The molecular formula is C9H19N3O2S. The Balaban J connectivity index is 3.45. The molecule has 88 valence electrons. The number of carbonyl (C=O) groups excluding carboxylic acids is 1. The Morgan fingerprint density at radius 3 is 2.80 bits per heavy atom. The van der Waals surface area contributed by atoms with Crippen molar-refractivity contribution in [2.45, 2.75) is 26.3 Å². The minimum absolute atomic E-state index is 0.423. The van der Waals surface area contributed by atoms with Crippen molar-refractivity contribution >= 4 is 23.2 Å². The summed E-state index contributed by atoms with van der Waals surface area (Å²) in [5.74, 6) is -0.423. The molecule has 0 aromatic carbocycles. The maximum atomic E-state index is 10.7. The van der Waals surface area contributed by atoms with Gasteiger partial charge in [-0.25, -0.2) is 0 Å². The molecule has 1 atom stereocenters. The zero-order valence-electron chi connectivity index (χ0n) is 9.21. The minimum Gasteiger partial charge on any atom is -0.382 e. The quantitative estimate of drug-likeness (QED) is 0.417. The van der Waals surface area contributed by atoms with Crippen LogP contribution in [0.25, 0.3) is 0 Å². The van der Waals surface area contributed by atoms with E-state index in [1.807, 2.05) is 6.92 Å². The number of amides is 1. The average Bonchev–Trinajstić information content (AvgIpc) is 2.17. The number of ether oxygens (including phenoxy) is 1. The Morgan fingerprint density at radius 1 is 1.60 bits per heavy atom. The average molecular weight is 233 g/mol. The highest BCUT2D eigenvalue weighted by molar-refractivity contribution is 7.80. The van der Waals surface area contributed by atoms with E-state index in [-0.39, 0.29) is 0 Å². The van der Waals surface area contributed by atoms with Gasteiger partial charge < -0.3 is 21.1 Å². The third-order valence-corrected chi connectivity index (χ3v) is 1.99. The maximum absolute atomic E-state index is 10.7. The van der Waals surface area contributed by atoms with Gasteiger partial charge in [0.25, 0.3) is 0 Å². The molecule has 0 aliphatic heterocycles. The number of nitrogens with one attached hydrogen (secondary N) is 2. The Morgan fingerprint density at radius 2 is 2.27 bits per heavy atom. The van der Waals surface area contributed by atoms with E-state index >= 15 is 0 Å². The van der Waals surface area contributed by atoms with E-state index in [1.54, 1.807) is 6.92 Å². The Bertz CT molecular complexity index is 212. The summed E-state index contributed by atoms with van der Waals surface area (Å²) in [6.07, 6.45) is 0.876. The molecule has 0 saturated carbocycles. The number of nitrogens with two attached hydrogens (primary N) is 1. The lowest BCUT2D eigenvalue weighted by atomic mass is 10.3. The topological polar surface area (TPSA) is 76.4 Å². The normalized spacial score (nSPS) is 11.9. The third-order valence-electron chi connectivity index (χ3n) is 1.73. The fourth-order valence-electron chi connectivity index (χ4n) is 0.839. The van der Waals surface area contributed by atoms with Gasteiger partial charge in [0.1, 0.15) is 6.04 Å². The SMILES string of the molecule is CCOCCCNC(=S)NC(C)C(N)=O. The van der Waals surface area contributed by atoms with Crippen LogP contribution in [0, 0.1) is 0 Å². The summed E-state index contributed by atoms with van der Waals surface area (Å²) in [4.78, 5) is 10.7. The summed E-state index contributed by atoms with van der Waals surface area (Å²) in [6.45, 7) is 5.76. The summed E-state index contributed by atoms with van der Waals surface area (Å²) >= 11 is 4.96. The lowest BCUT2D eigenvalue weighted by Crippen LogP contribution is -2.46. The van der Waals surface area contributed by atoms with E-state index < -0.39 is 11.9 Å². The molecule has 0 aliphatic rings. The molecule has 1 amide bonds. The standard InChI is InChI=1S/C9H19N3O2S/c1-3-14-6-4-5-11-9(15)12-7(2)8(10)13/h7H,3-6H2,1-2H3,(H2,10,13)(H2,11,12,15). The monoisotopic (exact) mass is 233 g/mol. The number of hydrogen-bond donors (Lipinski definition) is 3. The predicted octanol–water partition coefficient (Wildman–Crippen LogP) is -0.249. The molecule has 6 heteroatoms. The smallest absolute Gasteiger partial charge is 0.239 e. The van der Waals surface area contributed by atoms with Crippen LogP contribution in [0.4, 0.5) is 0 Å². The molecule has 0 radical (unpaired) electrons. The van der Waals surface area contributed by atoms with Crippen LogP contribution in [0.1, 0.15) is 20.3 Å². The van der Waals surface area contributed by atoms with Crippen molar-refractivity contribution in [2.75, 3.05) is 19.8 Å². The van der Waals surface area contributed by atoms with Crippen LogP contribution < -0.4 is 16.4 Å². The number of carbonyl (C=O) groups is 1. The van der Waals surface area contributed by atoms with Gasteiger partial charge in [0.05, 0.1) is 0 Å². The largest absolute Gasteiger partial charge is 0.382 e. The molecule has 4 N–H and O–H groups in total. The number of rotatable bonds is 7. The van der Waals surface area contributed by atoms with Gasteiger partial charge in [-0.2, -0.15) is 0 Å². The summed E-state index contributed by atoms with van der Waals surface area (Å²) < 4.78 is 5.16. The summed E-state index contributed by atoms with van der Waals surface area (Å²) in [7, 11) is 0. The molecule has 0 aromatic heterocycles. The number of primary amides is 1. The fourth-order valence-corrected chi connectivity index (χ4v) is 1.12. The molecule has 1 unspecified atom stereocenters. The highest BCUT2D eigenvalue weighted by Crippen LogP contribution is 1.82. The van der Waals surface area contributed by atoms with Crippen molar-refractivity contribution in [1.82, 2.24) is 10.6 Å². The third kappa shape index (κ3) is 8.14. The Hall–Kier alpha value is -0.880. The van der Waals surface area contributed by atoms with Crippen LogP contribution >= 0.6 is 12.2 Å². The molecule has 0 aliphatic carbocycles. The van der Waals surface area contributed by atoms with Crippen LogP contribution in [0.5, 0.6) is 0 Å². The van der Waals surface area contributed by atoms with Crippen LogP contribution in [0.3, 0.4) is 0 Å². The van der Waals surface area contributed by atoms with E-state index in [9.17, 15) is 4.79 Å². The Kier molecular flexibility index (Phi) is 7.94. The van der Waals surface area contributed by atoms with Gasteiger partial charge in [0, 0.05) is 19.8 Å². The number of thiocarbonyl (C=S) groups is 1. The van der Waals surface area contributed by atoms with Crippen molar-refractivity contribution in [2.24, 2.45) is 5.73 Å². The minimum atomic E-state index is -0.447. The van der Waals surface area contributed by atoms with Gasteiger partial charge in [-0.3, -0.25) is 4.79 Å². The van der Waals surface area contributed by atoms with Crippen molar-refractivity contribution in [3.63, 3.8) is 0 Å². The van der Waals surface area contributed by atoms with Crippen LogP contribution in [0.2, 0.25) is 0 Å². The van der Waals surface area contributed by atoms with Gasteiger partial charge in [0.2, 0.25) is 5.91 Å². The summed E-state index contributed by atoms with van der Waals surface area (Å²) in [5.41, 5.74) is 5.07. The van der Waals surface area contributed by atoms with Gasteiger partial charge in [-0.05, 0) is 32.5 Å². The molecular weight excluding hydrogens is 214 g/mol. The fraction of sp³-hybridized carbons (Fsp3) is 0.778. The van der Waals surface area contributed by atoms with Gasteiger partial charge >= 0.3 is 0 Å². The van der Waals surface area contributed by atoms with Gasteiger partial charge in [-0.1, -0.05) is 0 Å². The predicted molar refractivity (Wildman–Crippen MR) is 63.5 cm³/mol. The first-order valence-corrected chi connectivity index (χ1v) is 5.40. The zero-order valence-corrected chi connectivity index (χ0v) is 10.0. The highest BCUT2D eigenvalue weighted by Gasteiger charge is 2.08. The first-order chi connectivity index (χ1) is 7.07. The van der Waals surface area contributed by atoms with E-state index in [4.69, 9.17) is 22.7 Å². The van der Waals surface area contributed by atoms with Crippen LogP contribution in [0.15, 0.2) is 0 Å². The van der Waals surface area contributed by atoms with Crippen molar-refractivity contribution in [3.05, 3.63) is 0 Å². The van der Waals surface area contributed by atoms with Crippen molar-refractivity contribution in [3.8, 4) is 0 Å². The molecule has 0 fully saturated rings. The first-order valence-electron chi connectivity index (χ1n) is 4.99. The zero-order chi connectivity index (χ0) is 11.7. The second-order valence-electron chi connectivity index (χ2n) is 3.07. The van der Waals surface area contributed by atoms with E-state index in [1.165, 1.54) is 0 Å². The maximum Gasteiger partial charge on any atom is 0.239 e. The highest BCUT2D eigenvalue weighted by atomic mass is 32.1. The first kappa shape index (κ1) is 14.1. The van der Waals surface area contributed by atoms with Crippen molar-refractivity contribution < 1.29 is 9.53 Å².